The van der Waals surface area contributed by atoms with E-state index in [-0.39, 0.29) is 12.1 Å². The second-order valence-electron chi connectivity index (χ2n) is 4.22. The normalized spacial score (nSPS) is 29.5. The van der Waals surface area contributed by atoms with E-state index < -0.39 is 0 Å². The molecule has 0 bridgehead atoms. The number of nitrogens with one attached hydrogen (secondary N) is 1. The summed E-state index contributed by atoms with van der Waals surface area (Å²) in [5.74, 6) is 0. The predicted octanol–water partition coefficient (Wildman–Crippen LogP) is 1.07. The average molecular weight is 239 g/mol. The van der Waals surface area contributed by atoms with E-state index in [1.807, 2.05) is 13.1 Å². The minimum atomic E-state index is -0.0787. The third kappa shape index (κ3) is 2.53. The summed E-state index contributed by atoms with van der Waals surface area (Å²) in [5, 5.41) is 14.2. The molecule has 0 radical (unpaired) electrons. The van der Waals surface area contributed by atoms with E-state index in [4.69, 9.17) is 0 Å². The Kier molecular flexibility index (Phi) is 3.78. The smallest absolute Gasteiger partial charge is 0.116 e. The van der Waals surface area contributed by atoms with Crippen LogP contribution in [0.2, 0.25) is 0 Å². The van der Waals surface area contributed by atoms with Gasteiger partial charge in [0.05, 0.1) is 11.6 Å². The molecule has 1 aromatic heterocycles. The summed E-state index contributed by atoms with van der Waals surface area (Å²) in [5.41, 5.74) is -0.0787. The van der Waals surface area contributed by atoms with Gasteiger partial charge in [-0.25, -0.2) is 9.97 Å². The second kappa shape index (κ2) is 5.12. The Hall–Kier alpha value is -0.650. The molecule has 2 rings (SSSR count). The Labute approximate surface area is 99.9 Å². The van der Waals surface area contributed by atoms with Gasteiger partial charge in [0.1, 0.15) is 6.33 Å². The van der Waals surface area contributed by atoms with E-state index in [9.17, 15) is 5.11 Å². The van der Waals surface area contributed by atoms with Gasteiger partial charge in [-0.2, -0.15) is 0 Å². The first-order chi connectivity index (χ1) is 7.78. The molecule has 2 N–H and O–H groups in total. The molecule has 2 atom stereocenters. The fourth-order valence-electron chi connectivity index (χ4n) is 2.15. The Bertz CT molecular complexity index is 329. The summed E-state index contributed by atoms with van der Waals surface area (Å²) >= 11 is 1.78. The second-order valence-corrected chi connectivity index (χ2v) is 5.54. The van der Waals surface area contributed by atoms with Gasteiger partial charge in [0.15, 0.2) is 0 Å². The zero-order chi connectivity index (χ0) is 11.4. The largest absolute Gasteiger partial charge is 0.394 e. The number of hydrogen-bond acceptors (Lipinski definition) is 5. The maximum Gasteiger partial charge on any atom is 0.116 e. The van der Waals surface area contributed by atoms with Crippen LogP contribution in [0.5, 0.6) is 0 Å². The van der Waals surface area contributed by atoms with E-state index in [0.717, 1.165) is 24.3 Å². The number of likely N-dealkylation sites (N-methyl/N-ethyl adjacent to an activating group) is 1. The van der Waals surface area contributed by atoms with Crippen LogP contribution >= 0.6 is 11.8 Å². The molecule has 0 aliphatic heterocycles. The van der Waals surface area contributed by atoms with Gasteiger partial charge in [-0.15, -0.1) is 11.8 Å². The van der Waals surface area contributed by atoms with Crippen molar-refractivity contribution in [3.8, 4) is 0 Å². The molecule has 0 saturated heterocycles. The van der Waals surface area contributed by atoms with Crippen LogP contribution < -0.4 is 5.32 Å². The van der Waals surface area contributed by atoms with Crippen LogP contribution in [-0.4, -0.2) is 39.5 Å². The van der Waals surface area contributed by atoms with Crippen molar-refractivity contribution in [2.75, 3.05) is 13.7 Å². The van der Waals surface area contributed by atoms with E-state index in [1.54, 1.807) is 24.3 Å². The molecule has 5 heteroatoms. The van der Waals surface area contributed by atoms with Crippen molar-refractivity contribution in [1.29, 1.82) is 0 Å². The highest BCUT2D eigenvalue weighted by Gasteiger charge is 2.37. The lowest BCUT2D eigenvalue weighted by Gasteiger charge is -2.26. The van der Waals surface area contributed by atoms with Gasteiger partial charge < -0.3 is 10.4 Å². The number of nitrogens with zero attached hydrogens (tertiary/aromatic N) is 2. The van der Waals surface area contributed by atoms with Crippen LogP contribution in [0.15, 0.2) is 23.6 Å². The van der Waals surface area contributed by atoms with E-state index in [2.05, 4.69) is 15.3 Å². The molecule has 1 heterocycles. The summed E-state index contributed by atoms with van der Waals surface area (Å²) in [6.45, 7) is 0.213. The van der Waals surface area contributed by atoms with Gasteiger partial charge in [0, 0.05) is 17.0 Å². The molecule has 1 aliphatic rings. The number of hydrogen-bond donors (Lipinski definition) is 2. The van der Waals surface area contributed by atoms with Gasteiger partial charge in [0.2, 0.25) is 0 Å². The Morgan fingerprint density at radius 1 is 1.69 bits per heavy atom. The zero-order valence-electron chi connectivity index (χ0n) is 9.39. The highest BCUT2D eigenvalue weighted by atomic mass is 32.2. The Balaban J connectivity index is 1.95. The Morgan fingerprint density at radius 2 is 2.56 bits per heavy atom. The molecule has 1 saturated carbocycles. The minimum absolute atomic E-state index is 0.0787. The predicted molar refractivity (Wildman–Crippen MR) is 64.4 cm³/mol. The maximum absolute atomic E-state index is 9.40. The molecule has 16 heavy (non-hydrogen) atoms. The van der Waals surface area contributed by atoms with Gasteiger partial charge in [-0.05, 0) is 32.4 Å². The third-order valence-electron chi connectivity index (χ3n) is 3.24. The van der Waals surface area contributed by atoms with Crippen molar-refractivity contribution in [3.05, 3.63) is 18.6 Å². The van der Waals surface area contributed by atoms with E-state index in [1.165, 1.54) is 0 Å². The monoisotopic (exact) mass is 239 g/mol. The number of aliphatic hydroxyl groups excluding tert-OH is 1. The molecule has 1 aromatic rings. The minimum Gasteiger partial charge on any atom is -0.394 e. The lowest BCUT2D eigenvalue weighted by molar-refractivity contribution is 0.173. The Morgan fingerprint density at radius 3 is 3.12 bits per heavy atom. The number of thioether (sulfide) groups is 1. The summed E-state index contributed by atoms with van der Waals surface area (Å²) in [6, 6.07) is 1.93. The molecule has 0 aromatic carbocycles. The highest BCUT2D eigenvalue weighted by molar-refractivity contribution is 7.99. The van der Waals surface area contributed by atoms with Gasteiger partial charge in [-0.1, -0.05) is 0 Å². The van der Waals surface area contributed by atoms with Crippen LogP contribution in [0, 0.1) is 0 Å². The molecule has 0 amide bonds. The first kappa shape index (κ1) is 11.8. The van der Waals surface area contributed by atoms with Crippen LogP contribution in [0.1, 0.15) is 19.3 Å². The summed E-state index contributed by atoms with van der Waals surface area (Å²) < 4.78 is 0. The first-order valence-corrected chi connectivity index (χ1v) is 6.38. The van der Waals surface area contributed by atoms with E-state index in [0.29, 0.717) is 5.25 Å². The SMILES string of the molecule is CNC1(CO)CCC(Sc2ccncn2)C1. The zero-order valence-corrected chi connectivity index (χ0v) is 10.2. The molecule has 1 aliphatic carbocycles. The van der Waals surface area contributed by atoms with E-state index >= 15 is 0 Å². The lowest BCUT2D eigenvalue weighted by atomic mass is 10.00. The highest BCUT2D eigenvalue weighted by Crippen LogP contribution is 2.39. The molecule has 1 fully saturated rings. The van der Waals surface area contributed by atoms with Crippen LogP contribution in [0.25, 0.3) is 0 Å². The van der Waals surface area contributed by atoms with Crippen molar-refractivity contribution in [2.24, 2.45) is 0 Å². The fraction of sp³-hybridized carbons (Fsp3) is 0.636. The van der Waals surface area contributed by atoms with Crippen LogP contribution in [-0.2, 0) is 0 Å². The van der Waals surface area contributed by atoms with Crippen molar-refractivity contribution >= 4 is 11.8 Å². The standard InChI is InChI=1S/C11H17N3OS/c1-12-11(7-15)4-2-9(6-11)16-10-3-5-13-8-14-10/h3,5,8-9,12,15H,2,4,6-7H2,1H3. The van der Waals surface area contributed by atoms with Crippen molar-refractivity contribution in [2.45, 2.75) is 35.1 Å². The quantitative estimate of drug-likeness (QED) is 0.770. The number of rotatable bonds is 4. The average Bonchev–Trinajstić information content (AvgIpc) is 2.75. The number of aromatic nitrogens is 2. The van der Waals surface area contributed by atoms with Crippen LogP contribution in [0.3, 0.4) is 0 Å². The van der Waals surface area contributed by atoms with Crippen molar-refractivity contribution in [1.82, 2.24) is 15.3 Å². The van der Waals surface area contributed by atoms with Gasteiger partial charge in [-0.3, -0.25) is 0 Å². The summed E-state index contributed by atoms with van der Waals surface area (Å²) in [6.07, 6.45) is 6.49. The molecule has 2 unspecified atom stereocenters. The molecule has 4 nitrogen and oxygen atoms in total. The van der Waals surface area contributed by atoms with Crippen molar-refractivity contribution in [3.63, 3.8) is 0 Å². The maximum atomic E-state index is 9.40. The molecular weight excluding hydrogens is 222 g/mol. The third-order valence-corrected chi connectivity index (χ3v) is 4.46. The van der Waals surface area contributed by atoms with Crippen LogP contribution in [0.4, 0.5) is 0 Å². The fourth-order valence-corrected chi connectivity index (χ4v) is 3.37. The van der Waals surface area contributed by atoms with Gasteiger partial charge in [0.25, 0.3) is 0 Å². The topological polar surface area (TPSA) is 58.0 Å². The number of aliphatic hydroxyl groups is 1. The summed E-state index contributed by atoms with van der Waals surface area (Å²) in [4.78, 5) is 8.11. The molecule has 0 spiro atoms. The molecule has 88 valence electrons. The first-order valence-electron chi connectivity index (χ1n) is 5.50. The molecular formula is C11H17N3OS. The van der Waals surface area contributed by atoms with Gasteiger partial charge >= 0.3 is 0 Å². The summed E-state index contributed by atoms with van der Waals surface area (Å²) in [7, 11) is 1.92. The van der Waals surface area contributed by atoms with Crippen molar-refractivity contribution < 1.29 is 5.11 Å². The lowest BCUT2D eigenvalue weighted by Crippen LogP contribution is -2.44.